The molecule has 1 amide bonds. The zero-order valence-electron chi connectivity index (χ0n) is 14.2. The van der Waals surface area contributed by atoms with Crippen LogP contribution in [0.1, 0.15) is 34.1 Å². The van der Waals surface area contributed by atoms with Gasteiger partial charge in [-0.1, -0.05) is 13.8 Å². The topological polar surface area (TPSA) is 47.9 Å². The molecule has 0 radical (unpaired) electrons. The van der Waals surface area contributed by atoms with Gasteiger partial charge < -0.3 is 15.1 Å². The Hall–Kier alpha value is -0.530. The lowest BCUT2D eigenvalue weighted by Gasteiger charge is -2.37. The van der Waals surface area contributed by atoms with E-state index in [4.69, 9.17) is 0 Å². The Labute approximate surface area is 146 Å². The number of carbonyl (C=O) groups excluding carboxylic acids is 1. The Kier molecular flexibility index (Phi) is 9.24. The molecule has 5 nitrogen and oxygen atoms in total. The van der Waals surface area contributed by atoms with Gasteiger partial charge in [-0.25, -0.2) is 4.99 Å². The number of likely N-dealkylation sites (tertiary alicyclic amines) is 1. The number of aliphatic imine (C=N–C) groups is 1. The molecule has 2 atom stereocenters. The molecule has 124 valence electrons. The van der Waals surface area contributed by atoms with E-state index in [0.29, 0.717) is 12.0 Å². The second kappa shape index (κ2) is 9.48. The van der Waals surface area contributed by atoms with Crippen LogP contribution < -0.4 is 5.32 Å². The van der Waals surface area contributed by atoms with Crippen molar-refractivity contribution in [3.63, 3.8) is 0 Å². The maximum atomic E-state index is 11.7. The van der Waals surface area contributed by atoms with E-state index in [1.54, 1.807) is 19.0 Å². The highest BCUT2D eigenvalue weighted by Gasteiger charge is 2.25. The molecule has 21 heavy (non-hydrogen) atoms. The summed E-state index contributed by atoms with van der Waals surface area (Å²) in [5.41, 5.74) is 0. The molecule has 0 aromatic heterocycles. The Morgan fingerprint density at radius 2 is 1.95 bits per heavy atom. The van der Waals surface area contributed by atoms with E-state index >= 15 is 0 Å². The maximum absolute atomic E-state index is 11.7. The lowest BCUT2D eigenvalue weighted by atomic mass is 9.89. The van der Waals surface area contributed by atoms with Gasteiger partial charge in [-0.2, -0.15) is 0 Å². The number of amides is 1. The van der Waals surface area contributed by atoms with Crippen LogP contribution in [0, 0.1) is 11.8 Å². The van der Waals surface area contributed by atoms with Crippen LogP contribution in [-0.2, 0) is 4.79 Å². The van der Waals surface area contributed by atoms with Crippen LogP contribution >= 0.6 is 24.0 Å². The van der Waals surface area contributed by atoms with Crippen LogP contribution in [0.5, 0.6) is 0 Å². The van der Waals surface area contributed by atoms with Gasteiger partial charge in [0.25, 0.3) is 0 Å². The summed E-state index contributed by atoms with van der Waals surface area (Å²) in [7, 11) is 3.52. The number of halogens is 1. The maximum Gasteiger partial charge on any atom is 0.243 e. The first-order valence-corrected chi connectivity index (χ1v) is 7.57. The summed E-state index contributed by atoms with van der Waals surface area (Å²) < 4.78 is 0. The first kappa shape index (κ1) is 20.5. The van der Waals surface area contributed by atoms with Crippen LogP contribution in [0.15, 0.2) is 4.99 Å². The number of rotatable bonds is 3. The molecule has 0 aliphatic carbocycles. The largest absolute Gasteiger partial charge is 0.354 e. The molecular weight excluding hydrogens is 379 g/mol. The summed E-state index contributed by atoms with van der Waals surface area (Å²) >= 11 is 0. The molecule has 1 saturated heterocycles. The second-order valence-corrected chi connectivity index (χ2v) is 6.42. The molecule has 0 saturated carbocycles. The molecule has 1 heterocycles. The van der Waals surface area contributed by atoms with Crippen molar-refractivity contribution in [1.29, 1.82) is 0 Å². The van der Waals surface area contributed by atoms with Gasteiger partial charge in [-0.05, 0) is 32.1 Å². The van der Waals surface area contributed by atoms with Crippen molar-refractivity contribution >= 4 is 35.8 Å². The predicted molar refractivity (Wildman–Crippen MR) is 99.2 cm³/mol. The Bertz CT molecular complexity index is 358. The zero-order valence-corrected chi connectivity index (χ0v) is 16.5. The van der Waals surface area contributed by atoms with Gasteiger partial charge in [0.1, 0.15) is 6.54 Å². The van der Waals surface area contributed by atoms with E-state index in [9.17, 15) is 4.79 Å². The SMILES string of the molecule is CC(C)NC(=NCC(=O)N(C)C)N1CCC(C)C(C)C1.I. The molecule has 1 aliphatic rings. The number of hydrogen-bond acceptors (Lipinski definition) is 2. The number of piperidine rings is 1. The van der Waals surface area contributed by atoms with Crippen LogP contribution in [-0.4, -0.2) is 61.4 Å². The molecule has 6 heteroatoms. The first-order chi connectivity index (χ1) is 9.31. The van der Waals surface area contributed by atoms with Crippen molar-refractivity contribution in [3.05, 3.63) is 0 Å². The van der Waals surface area contributed by atoms with E-state index in [-0.39, 0.29) is 36.4 Å². The molecule has 0 aromatic carbocycles. The van der Waals surface area contributed by atoms with Crippen molar-refractivity contribution in [2.24, 2.45) is 16.8 Å². The number of likely N-dealkylation sites (N-methyl/N-ethyl adjacent to an activating group) is 1. The second-order valence-electron chi connectivity index (χ2n) is 6.42. The van der Waals surface area contributed by atoms with Gasteiger partial charge in [0.05, 0.1) is 0 Å². The molecule has 0 bridgehead atoms. The van der Waals surface area contributed by atoms with Crippen molar-refractivity contribution in [2.45, 2.75) is 40.2 Å². The predicted octanol–water partition coefficient (Wildman–Crippen LogP) is 2.02. The highest BCUT2D eigenvalue weighted by Crippen LogP contribution is 2.22. The fraction of sp³-hybridized carbons (Fsp3) is 0.867. The van der Waals surface area contributed by atoms with Gasteiger partial charge in [0.15, 0.2) is 5.96 Å². The Morgan fingerprint density at radius 3 is 2.43 bits per heavy atom. The molecule has 2 unspecified atom stereocenters. The average molecular weight is 410 g/mol. The zero-order chi connectivity index (χ0) is 15.3. The molecule has 1 fully saturated rings. The number of hydrogen-bond donors (Lipinski definition) is 1. The minimum absolute atomic E-state index is 0. The number of nitrogens with one attached hydrogen (secondary N) is 1. The molecular formula is C15H31IN4O. The van der Waals surface area contributed by atoms with Gasteiger partial charge in [-0.15, -0.1) is 24.0 Å². The lowest BCUT2D eigenvalue weighted by molar-refractivity contribution is -0.127. The summed E-state index contributed by atoms with van der Waals surface area (Å²) in [4.78, 5) is 20.1. The van der Waals surface area contributed by atoms with Gasteiger partial charge in [0.2, 0.25) is 5.91 Å². The smallest absolute Gasteiger partial charge is 0.243 e. The van der Waals surface area contributed by atoms with Gasteiger partial charge in [0, 0.05) is 33.2 Å². The summed E-state index contributed by atoms with van der Waals surface area (Å²) in [6.45, 7) is 11.0. The number of nitrogens with zero attached hydrogens (tertiary/aromatic N) is 3. The fourth-order valence-electron chi connectivity index (χ4n) is 2.23. The van der Waals surface area contributed by atoms with E-state index < -0.39 is 0 Å². The Morgan fingerprint density at radius 1 is 1.33 bits per heavy atom. The minimum atomic E-state index is 0. The molecule has 1 aliphatic heterocycles. The molecule has 1 rings (SSSR count). The quantitative estimate of drug-likeness (QED) is 0.440. The average Bonchev–Trinajstić information content (AvgIpc) is 2.36. The van der Waals surface area contributed by atoms with Crippen molar-refractivity contribution < 1.29 is 4.79 Å². The van der Waals surface area contributed by atoms with E-state index in [1.807, 2.05) is 0 Å². The standard InChI is InChI=1S/C15H30N4O.HI/c1-11(2)17-15(16-9-14(20)18(5)6)19-8-7-12(3)13(4)10-19;/h11-13H,7-10H2,1-6H3,(H,16,17);1H. The van der Waals surface area contributed by atoms with Crippen LogP contribution in [0.2, 0.25) is 0 Å². The van der Waals surface area contributed by atoms with Crippen molar-refractivity contribution in [1.82, 2.24) is 15.1 Å². The molecule has 0 aromatic rings. The van der Waals surface area contributed by atoms with E-state index in [0.717, 1.165) is 25.0 Å². The van der Waals surface area contributed by atoms with Crippen molar-refractivity contribution in [3.8, 4) is 0 Å². The summed E-state index contributed by atoms with van der Waals surface area (Å²) in [5.74, 6) is 2.32. The third kappa shape index (κ3) is 6.84. The highest BCUT2D eigenvalue weighted by atomic mass is 127. The third-order valence-corrected chi connectivity index (χ3v) is 3.91. The number of guanidine groups is 1. The summed E-state index contributed by atoms with van der Waals surface area (Å²) in [6.07, 6.45) is 1.18. The third-order valence-electron chi connectivity index (χ3n) is 3.91. The van der Waals surface area contributed by atoms with Crippen LogP contribution in [0.4, 0.5) is 0 Å². The van der Waals surface area contributed by atoms with Crippen LogP contribution in [0.25, 0.3) is 0 Å². The van der Waals surface area contributed by atoms with Crippen LogP contribution in [0.3, 0.4) is 0 Å². The van der Waals surface area contributed by atoms with E-state index in [2.05, 4.69) is 42.9 Å². The highest BCUT2D eigenvalue weighted by molar-refractivity contribution is 14.0. The Balaban J connectivity index is 0.00000400. The minimum Gasteiger partial charge on any atom is -0.354 e. The summed E-state index contributed by atoms with van der Waals surface area (Å²) in [6, 6.07) is 0.317. The summed E-state index contributed by atoms with van der Waals surface area (Å²) in [5, 5.41) is 3.38. The first-order valence-electron chi connectivity index (χ1n) is 7.57. The number of carbonyl (C=O) groups is 1. The lowest BCUT2D eigenvalue weighted by Crippen LogP contribution is -2.50. The normalized spacial score (nSPS) is 22.8. The van der Waals surface area contributed by atoms with Crippen molar-refractivity contribution in [2.75, 3.05) is 33.7 Å². The van der Waals surface area contributed by atoms with E-state index in [1.165, 1.54) is 6.42 Å². The van der Waals surface area contributed by atoms with Gasteiger partial charge in [-0.3, -0.25) is 4.79 Å². The van der Waals surface area contributed by atoms with Gasteiger partial charge >= 0.3 is 0 Å². The monoisotopic (exact) mass is 410 g/mol. The fourth-order valence-corrected chi connectivity index (χ4v) is 2.23. The molecule has 0 spiro atoms. The molecule has 1 N–H and O–H groups in total.